The number of methoxy groups -OCH3 is 1. The van der Waals surface area contributed by atoms with Gasteiger partial charge in [0.05, 0.1) is 7.11 Å². The number of amides is 1. The van der Waals surface area contributed by atoms with E-state index in [1.807, 2.05) is 24.3 Å². The van der Waals surface area contributed by atoms with Gasteiger partial charge in [-0.3, -0.25) is 4.79 Å². The van der Waals surface area contributed by atoms with Crippen LogP contribution in [-0.2, 0) is 0 Å². The minimum atomic E-state index is -0.406. The summed E-state index contributed by atoms with van der Waals surface area (Å²) in [5.41, 5.74) is 1.20. The highest BCUT2D eigenvalue weighted by Crippen LogP contribution is 2.30. The molecular weight excluding hydrogens is 361 g/mol. The quantitative estimate of drug-likeness (QED) is 0.686. The molecule has 0 atom stereocenters. The van der Waals surface area contributed by atoms with E-state index in [0.717, 1.165) is 24.2 Å². The number of aromatic nitrogens is 2. The zero-order chi connectivity index (χ0) is 19.5. The summed E-state index contributed by atoms with van der Waals surface area (Å²) >= 11 is 0. The number of ether oxygens (including phenoxy) is 1. The molecule has 7 heteroatoms. The molecule has 0 unspecified atom stereocenters. The molecule has 28 heavy (non-hydrogen) atoms. The van der Waals surface area contributed by atoms with Crippen molar-refractivity contribution in [3.8, 4) is 17.1 Å². The van der Waals surface area contributed by atoms with Gasteiger partial charge >= 0.3 is 0 Å². The van der Waals surface area contributed by atoms with Crippen molar-refractivity contribution in [1.82, 2.24) is 15.0 Å². The highest BCUT2D eigenvalue weighted by atomic mass is 19.1. The Hall–Kier alpha value is -3.22. The zero-order valence-corrected chi connectivity index (χ0v) is 15.5. The Kier molecular flexibility index (Phi) is 5.06. The SMILES string of the molecule is COc1cccc(-c2noc(C3CCN(C(=O)c4cccc(F)c4)CC3)n2)c1. The summed E-state index contributed by atoms with van der Waals surface area (Å²) in [6.07, 6.45) is 1.45. The average Bonchev–Trinajstić information content (AvgIpc) is 3.24. The van der Waals surface area contributed by atoms with Crippen LogP contribution in [0.4, 0.5) is 4.39 Å². The molecule has 0 aliphatic carbocycles. The first-order valence-corrected chi connectivity index (χ1v) is 9.17. The summed E-state index contributed by atoms with van der Waals surface area (Å²) in [6, 6.07) is 13.3. The lowest BCUT2D eigenvalue weighted by atomic mass is 9.96. The van der Waals surface area contributed by atoms with E-state index in [-0.39, 0.29) is 11.8 Å². The molecule has 1 aliphatic rings. The molecule has 4 rings (SSSR count). The average molecular weight is 381 g/mol. The number of halogens is 1. The fourth-order valence-electron chi connectivity index (χ4n) is 3.41. The second-order valence-electron chi connectivity index (χ2n) is 6.76. The van der Waals surface area contributed by atoms with Crippen LogP contribution in [0.3, 0.4) is 0 Å². The van der Waals surface area contributed by atoms with Crippen molar-refractivity contribution in [2.75, 3.05) is 20.2 Å². The van der Waals surface area contributed by atoms with Crippen molar-refractivity contribution >= 4 is 5.91 Å². The summed E-state index contributed by atoms with van der Waals surface area (Å²) in [6.45, 7) is 1.13. The van der Waals surface area contributed by atoms with Gasteiger partial charge in [0.25, 0.3) is 5.91 Å². The van der Waals surface area contributed by atoms with Crippen LogP contribution in [0.1, 0.15) is 35.0 Å². The molecule has 0 bridgehead atoms. The van der Waals surface area contributed by atoms with Gasteiger partial charge in [-0.25, -0.2) is 4.39 Å². The number of benzene rings is 2. The van der Waals surface area contributed by atoms with Crippen LogP contribution < -0.4 is 4.74 Å². The summed E-state index contributed by atoms with van der Waals surface area (Å²) < 4.78 is 24.1. The van der Waals surface area contributed by atoms with Gasteiger partial charge in [0.15, 0.2) is 0 Å². The van der Waals surface area contributed by atoms with Gasteiger partial charge in [0.2, 0.25) is 11.7 Å². The second-order valence-corrected chi connectivity index (χ2v) is 6.76. The first-order valence-electron chi connectivity index (χ1n) is 9.17. The van der Waals surface area contributed by atoms with Crippen LogP contribution in [-0.4, -0.2) is 41.1 Å². The first kappa shape index (κ1) is 18.2. The number of hydrogen-bond acceptors (Lipinski definition) is 5. The predicted molar refractivity (Wildman–Crippen MR) is 101 cm³/mol. The smallest absolute Gasteiger partial charge is 0.253 e. The Morgan fingerprint density at radius 3 is 2.71 bits per heavy atom. The van der Waals surface area contributed by atoms with Crippen LogP contribution in [0.5, 0.6) is 5.75 Å². The Morgan fingerprint density at radius 2 is 1.96 bits per heavy atom. The zero-order valence-electron chi connectivity index (χ0n) is 15.5. The number of nitrogens with zero attached hydrogens (tertiary/aromatic N) is 3. The molecule has 0 N–H and O–H groups in total. The summed E-state index contributed by atoms with van der Waals surface area (Å²) in [7, 11) is 1.61. The summed E-state index contributed by atoms with van der Waals surface area (Å²) in [5.74, 6) is 1.37. The first-order chi connectivity index (χ1) is 13.6. The number of carbonyl (C=O) groups excluding carboxylic acids is 1. The number of piperidine rings is 1. The molecule has 144 valence electrons. The molecule has 1 amide bonds. The third-order valence-electron chi connectivity index (χ3n) is 4.97. The van der Waals surface area contributed by atoms with Crippen molar-refractivity contribution < 1.29 is 18.4 Å². The molecule has 1 aliphatic heterocycles. The Morgan fingerprint density at radius 1 is 1.18 bits per heavy atom. The van der Waals surface area contributed by atoms with Crippen LogP contribution in [0.25, 0.3) is 11.4 Å². The van der Waals surface area contributed by atoms with Crippen molar-refractivity contribution in [2.45, 2.75) is 18.8 Å². The molecule has 0 radical (unpaired) electrons. The van der Waals surface area contributed by atoms with Crippen molar-refractivity contribution in [3.63, 3.8) is 0 Å². The van der Waals surface area contributed by atoms with Gasteiger partial charge in [-0.2, -0.15) is 4.98 Å². The fourth-order valence-corrected chi connectivity index (χ4v) is 3.41. The highest BCUT2D eigenvalue weighted by Gasteiger charge is 2.28. The molecule has 3 aromatic rings. The van der Waals surface area contributed by atoms with E-state index >= 15 is 0 Å². The fraction of sp³-hybridized carbons (Fsp3) is 0.286. The minimum absolute atomic E-state index is 0.100. The number of likely N-dealkylation sites (tertiary alicyclic amines) is 1. The topological polar surface area (TPSA) is 68.5 Å². The van der Waals surface area contributed by atoms with Gasteiger partial charge in [-0.1, -0.05) is 23.4 Å². The van der Waals surface area contributed by atoms with Crippen LogP contribution in [0, 0.1) is 5.82 Å². The van der Waals surface area contributed by atoms with Gasteiger partial charge < -0.3 is 14.2 Å². The lowest BCUT2D eigenvalue weighted by Gasteiger charge is -2.30. The third-order valence-corrected chi connectivity index (χ3v) is 4.97. The van der Waals surface area contributed by atoms with Crippen LogP contribution >= 0.6 is 0 Å². The lowest BCUT2D eigenvalue weighted by molar-refractivity contribution is 0.0704. The van der Waals surface area contributed by atoms with Gasteiger partial charge in [-0.05, 0) is 43.2 Å². The monoisotopic (exact) mass is 381 g/mol. The second kappa shape index (κ2) is 7.80. The summed E-state index contributed by atoms with van der Waals surface area (Å²) in [5, 5.41) is 4.08. The maximum atomic E-state index is 13.4. The number of carbonyl (C=O) groups is 1. The molecule has 2 aromatic carbocycles. The lowest BCUT2D eigenvalue weighted by Crippen LogP contribution is -2.38. The molecular formula is C21H20FN3O3. The summed E-state index contributed by atoms with van der Waals surface area (Å²) in [4.78, 5) is 18.8. The largest absolute Gasteiger partial charge is 0.497 e. The highest BCUT2D eigenvalue weighted by molar-refractivity contribution is 5.94. The van der Waals surface area contributed by atoms with Crippen molar-refractivity contribution in [2.24, 2.45) is 0 Å². The van der Waals surface area contributed by atoms with Gasteiger partial charge in [0, 0.05) is 30.1 Å². The van der Waals surface area contributed by atoms with E-state index in [2.05, 4.69) is 10.1 Å². The van der Waals surface area contributed by atoms with Crippen LogP contribution in [0.15, 0.2) is 53.1 Å². The maximum absolute atomic E-state index is 13.4. The number of rotatable bonds is 4. The molecule has 6 nitrogen and oxygen atoms in total. The predicted octanol–water partition coefficient (Wildman–Crippen LogP) is 3.90. The van der Waals surface area contributed by atoms with Crippen LogP contribution in [0.2, 0.25) is 0 Å². The van der Waals surface area contributed by atoms with Crippen molar-refractivity contribution in [1.29, 1.82) is 0 Å². The molecule has 2 heterocycles. The van der Waals surface area contributed by atoms with E-state index in [4.69, 9.17) is 9.26 Å². The van der Waals surface area contributed by atoms with E-state index in [9.17, 15) is 9.18 Å². The van der Waals surface area contributed by atoms with E-state index in [0.29, 0.717) is 30.4 Å². The molecule has 0 saturated carbocycles. The maximum Gasteiger partial charge on any atom is 0.253 e. The minimum Gasteiger partial charge on any atom is -0.497 e. The van der Waals surface area contributed by atoms with E-state index < -0.39 is 5.82 Å². The van der Waals surface area contributed by atoms with Crippen molar-refractivity contribution in [3.05, 3.63) is 65.8 Å². The number of hydrogen-bond donors (Lipinski definition) is 0. The Bertz CT molecular complexity index is 980. The molecule has 1 aromatic heterocycles. The van der Waals surface area contributed by atoms with E-state index in [1.165, 1.54) is 12.1 Å². The normalized spacial score (nSPS) is 14.9. The third kappa shape index (κ3) is 3.74. The van der Waals surface area contributed by atoms with E-state index in [1.54, 1.807) is 24.1 Å². The molecule has 1 fully saturated rings. The Balaban J connectivity index is 1.41. The molecule has 1 saturated heterocycles. The standard InChI is InChI=1S/C21H20FN3O3/c1-27-18-7-3-4-15(13-18)19-23-20(28-24-19)14-8-10-25(11-9-14)21(26)16-5-2-6-17(22)12-16/h2-7,12-14H,8-11H2,1H3. The molecule has 0 spiro atoms. The van der Waals surface area contributed by atoms with Gasteiger partial charge in [-0.15, -0.1) is 0 Å². The van der Waals surface area contributed by atoms with Gasteiger partial charge in [0.1, 0.15) is 11.6 Å². The Labute approximate surface area is 161 Å².